The molecule has 0 aliphatic carbocycles. The van der Waals surface area contributed by atoms with Crippen LogP contribution in [0, 0.1) is 6.92 Å². The van der Waals surface area contributed by atoms with Crippen molar-refractivity contribution in [1.82, 2.24) is 4.13 Å². The van der Waals surface area contributed by atoms with E-state index in [0.717, 1.165) is 16.7 Å². The molecule has 0 saturated heterocycles. The van der Waals surface area contributed by atoms with Gasteiger partial charge in [0.05, 0.1) is 17.0 Å². The summed E-state index contributed by atoms with van der Waals surface area (Å²) in [5.41, 5.74) is 2.63. The standard InChI is InChI=1S/C23H22N2O4S2/c1-17-13-15-21(16-14-17)31(27,28)25-30-24-18(2)23(26)29-22(19-9-5-3-6-10-19)20-11-7-4-8-12-20/h3-16,22,25H,1-2H3/b24-18+. The van der Waals surface area contributed by atoms with Crippen molar-refractivity contribution in [1.29, 1.82) is 0 Å². The van der Waals surface area contributed by atoms with Crippen LogP contribution in [-0.4, -0.2) is 20.1 Å². The number of nitrogens with zero attached hydrogens (tertiary/aromatic N) is 1. The molecule has 1 N–H and O–H groups in total. The number of benzene rings is 3. The summed E-state index contributed by atoms with van der Waals surface area (Å²) in [5, 5.41) is 0. The first-order chi connectivity index (χ1) is 14.9. The summed E-state index contributed by atoms with van der Waals surface area (Å²) in [5.74, 6) is -0.639. The van der Waals surface area contributed by atoms with Crippen LogP contribution < -0.4 is 4.13 Å². The average molecular weight is 455 g/mol. The zero-order chi connectivity index (χ0) is 22.3. The van der Waals surface area contributed by atoms with Gasteiger partial charge in [0, 0.05) is 0 Å². The van der Waals surface area contributed by atoms with Gasteiger partial charge in [0.15, 0.2) is 6.10 Å². The first-order valence-electron chi connectivity index (χ1n) is 9.47. The molecular weight excluding hydrogens is 432 g/mol. The SMILES string of the molecule is C/C(=N\SNS(=O)(=O)c1ccc(C)cc1)C(=O)OC(c1ccccc1)c1ccccc1. The van der Waals surface area contributed by atoms with Crippen molar-refractivity contribution in [2.75, 3.05) is 0 Å². The predicted octanol–water partition coefficient (Wildman–Crippen LogP) is 4.63. The lowest BCUT2D eigenvalue weighted by molar-refractivity contribution is -0.139. The summed E-state index contributed by atoms with van der Waals surface area (Å²) >= 11 is 0.564. The molecule has 0 aliphatic heterocycles. The Labute approximate surface area is 186 Å². The quantitative estimate of drug-likeness (QED) is 0.305. The summed E-state index contributed by atoms with van der Waals surface area (Å²) in [6.45, 7) is 3.35. The summed E-state index contributed by atoms with van der Waals surface area (Å²) in [4.78, 5) is 12.7. The van der Waals surface area contributed by atoms with Crippen LogP contribution in [0.5, 0.6) is 0 Å². The third-order valence-electron chi connectivity index (χ3n) is 4.39. The van der Waals surface area contributed by atoms with Crippen molar-refractivity contribution in [3.05, 3.63) is 102 Å². The fourth-order valence-corrected chi connectivity index (χ4v) is 4.35. The van der Waals surface area contributed by atoms with Gasteiger partial charge in [0.25, 0.3) is 10.0 Å². The van der Waals surface area contributed by atoms with Gasteiger partial charge in [-0.05, 0) is 37.1 Å². The summed E-state index contributed by atoms with van der Waals surface area (Å²) in [7, 11) is -3.75. The molecule has 3 aromatic carbocycles. The number of nitrogens with one attached hydrogen (secondary N) is 1. The van der Waals surface area contributed by atoms with E-state index >= 15 is 0 Å². The van der Waals surface area contributed by atoms with Crippen molar-refractivity contribution in [2.24, 2.45) is 4.40 Å². The highest BCUT2D eigenvalue weighted by Crippen LogP contribution is 2.26. The molecule has 0 fully saturated rings. The Kier molecular flexibility index (Phi) is 7.62. The number of hydrogen-bond donors (Lipinski definition) is 1. The first-order valence-corrected chi connectivity index (χ1v) is 11.7. The number of esters is 1. The van der Waals surface area contributed by atoms with Crippen molar-refractivity contribution in [3.63, 3.8) is 0 Å². The van der Waals surface area contributed by atoms with Gasteiger partial charge >= 0.3 is 5.97 Å². The molecule has 6 nitrogen and oxygen atoms in total. The summed E-state index contributed by atoms with van der Waals surface area (Å²) in [6, 6.07) is 25.2. The lowest BCUT2D eigenvalue weighted by Crippen LogP contribution is -2.20. The van der Waals surface area contributed by atoms with Crippen molar-refractivity contribution in [2.45, 2.75) is 24.8 Å². The Bertz CT molecular complexity index is 1110. The molecule has 0 amide bonds. The molecule has 31 heavy (non-hydrogen) atoms. The van der Waals surface area contributed by atoms with Crippen molar-refractivity contribution >= 4 is 33.8 Å². The molecule has 0 spiro atoms. The average Bonchev–Trinajstić information content (AvgIpc) is 2.78. The van der Waals surface area contributed by atoms with Crippen LogP contribution >= 0.6 is 12.1 Å². The minimum absolute atomic E-state index is 0.0356. The fraction of sp³-hybridized carbons (Fsp3) is 0.130. The molecule has 0 aliphatic rings. The minimum Gasteiger partial charge on any atom is -0.448 e. The number of sulfonamides is 1. The number of ether oxygens (including phenoxy) is 1. The molecule has 160 valence electrons. The zero-order valence-electron chi connectivity index (χ0n) is 17.1. The van der Waals surface area contributed by atoms with E-state index in [0.29, 0.717) is 12.1 Å². The lowest BCUT2D eigenvalue weighted by Gasteiger charge is -2.18. The van der Waals surface area contributed by atoms with Crippen LogP contribution in [0.3, 0.4) is 0 Å². The second-order valence-corrected chi connectivity index (χ2v) is 9.28. The molecule has 3 aromatic rings. The van der Waals surface area contributed by atoms with E-state index in [-0.39, 0.29) is 10.6 Å². The highest BCUT2D eigenvalue weighted by atomic mass is 32.3. The molecule has 0 aromatic heterocycles. The summed E-state index contributed by atoms with van der Waals surface area (Å²) in [6.07, 6.45) is -0.602. The third kappa shape index (κ3) is 6.27. The number of carbonyl (C=O) groups is 1. The maximum atomic E-state index is 12.6. The van der Waals surface area contributed by atoms with E-state index in [4.69, 9.17) is 4.74 Å². The zero-order valence-corrected chi connectivity index (χ0v) is 18.7. The van der Waals surface area contributed by atoms with Gasteiger partial charge in [0.1, 0.15) is 5.71 Å². The molecule has 3 rings (SSSR count). The number of aryl methyl sites for hydroxylation is 1. The molecule has 0 unspecified atom stereocenters. The van der Waals surface area contributed by atoms with E-state index in [2.05, 4.69) is 8.53 Å². The molecule has 0 atom stereocenters. The van der Waals surface area contributed by atoms with E-state index in [1.54, 1.807) is 12.1 Å². The monoisotopic (exact) mass is 454 g/mol. The number of rotatable bonds is 8. The van der Waals surface area contributed by atoms with Crippen LogP contribution in [0.4, 0.5) is 0 Å². The molecule has 8 heteroatoms. The lowest BCUT2D eigenvalue weighted by atomic mass is 10.0. The number of carbonyl (C=O) groups excluding carboxylic acids is 1. The Morgan fingerprint density at radius 3 is 1.94 bits per heavy atom. The Balaban J connectivity index is 1.69. The highest BCUT2D eigenvalue weighted by molar-refractivity contribution is 8.08. The van der Waals surface area contributed by atoms with Crippen molar-refractivity contribution in [3.8, 4) is 0 Å². The van der Waals surface area contributed by atoms with Crippen LogP contribution in [0.2, 0.25) is 0 Å². The Morgan fingerprint density at radius 1 is 0.903 bits per heavy atom. The molecule has 0 radical (unpaired) electrons. The van der Waals surface area contributed by atoms with Gasteiger partial charge in [-0.3, -0.25) is 0 Å². The maximum absolute atomic E-state index is 12.6. The maximum Gasteiger partial charge on any atom is 0.354 e. The molecule has 0 heterocycles. The van der Waals surface area contributed by atoms with Gasteiger partial charge in [0.2, 0.25) is 0 Å². The topological polar surface area (TPSA) is 84.8 Å². The Hall–Kier alpha value is -2.94. The van der Waals surface area contributed by atoms with E-state index in [1.165, 1.54) is 19.1 Å². The molecular formula is C23H22N2O4S2. The van der Waals surface area contributed by atoms with Gasteiger partial charge in [-0.1, -0.05) is 78.4 Å². The molecule has 0 saturated carbocycles. The molecule has 0 bridgehead atoms. The third-order valence-corrected chi connectivity index (χ3v) is 6.82. The smallest absolute Gasteiger partial charge is 0.354 e. The first kappa shape index (κ1) is 22.7. The van der Waals surface area contributed by atoms with E-state index < -0.39 is 22.1 Å². The van der Waals surface area contributed by atoms with Gasteiger partial charge < -0.3 is 4.74 Å². The van der Waals surface area contributed by atoms with Gasteiger partial charge in [-0.15, -0.1) is 4.13 Å². The van der Waals surface area contributed by atoms with Gasteiger partial charge in [-0.25, -0.2) is 13.2 Å². The van der Waals surface area contributed by atoms with Crippen LogP contribution in [0.1, 0.15) is 29.7 Å². The van der Waals surface area contributed by atoms with Gasteiger partial charge in [-0.2, -0.15) is 4.40 Å². The number of hydrogen-bond acceptors (Lipinski definition) is 6. The highest BCUT2D eigenvalue weighted by Gasteiger charge is 2.21. The normalized spacial score (nSPS) is 12.0. The van der Waals surface area contributed by atoms with Crippen LogP contribution in [0.15, 0.2) is 94.2 Å². The van der Waals surface area contributed by atoms with E-state index in [9.17, 15) is 13.2 Å². The van der Waals surface area contributed by atoms with Crippen LogP contribution in [-0.2, 0) is 19.6 Å². The Morgan fingerprint density at radius 2 is 1.42 bits per heavy atom. The predicted molar refractivity (Wildman–Crippen MR) is 123 cm³/mol. The summed E-state index contributed by atoms with van der Waals surface area (Å²) < 4.78 is 36.6. The second kappa shape index (κ2) is 10.4. The second-order valence-electron chi connectivity index (χ2n) is 6.77. The van der Waals surface area contributed by atoms with Crippen molar-refractivity contribution < 1.29 is 17.9 Å². The largest absolute Gasteiger partial charge is 0.448 e. The minimum atomic E-state index is -3.75. The van der Waals surface area contributed by atoms with Crippen LogP contribution in [0.25, 0.3) is 0 Å². The fourth-order valence-electron chi connectivity index (χ4n) is 2.72. The van der Waals surface area contributed by atoms with E-state index in [1.807, 2.05) is 67.6 Å².